The predicted molar refractivity (Wildman–Crippen MR) is 94.3 cm³/mol. The molecule has 0 bridgehead atoms. The number of anilines is 1. The second-order valence-corrected chi connectivity index (χ2v) is 6.97. The molecule has 0 amide bonds. The summed E-state index contributed by atoms with van der Waals surface area (Å²) in [4.78, 5) is 9.29. The quantitative estimate of drug-likeness (QED) is 0.823. The van der Waals surface area contributed by atoms with Crippen molar-refractivity contribution >= 4 is 21.6 Å². The van der Waals surface area contributed by atoms with Gasteiger partial charge in [-0.05, 0) is 46.6 Å². The molecule has 0 unspecified atom stereocenters. The summed E-state index contributed by atoms with van der Waals surface area (Å²) in [6, 6.07) is 9.41. The number of hydrogen-bond donors (Lipinski definition) is 0. The standard InChI is InChI=1S/C17H21BrN4O/c18-17-12-22(13-19-17)15-3-1-14(2-4-15)21-6-5-16(11-21)20-7-9-23-10-8-20/h1-4,12-13,16H,5-11H2/t16-/m1/s1. The van der Waals surface area contributed by atoms with Crippen LogP contribution in [0.4, 0.5) is 5.69 Å². The van der Waals surface area contributed by atoms with Gasteiger partial charge in [0.2, 0.25) is 0 Å². The Hall–Kier alpha value is -1.37. The van der Waals surface area contributed by atoms with Crippen molar-refractivity contribution in [3.8, 4) is 5.69 Å². The first-order valence-corrected chi connectivity index (χ1v) is 8.95. The Morgan fingerprint density at radius 3 is 2.48 bits per heavy atom. The maximum atomic E-state index is 5.46. The molecule has 2 aliphatic rings. The fourth-order valence-electron chi connectivity index (χ4n) is 3.49. The third-order valence-electron chi connectivity index (χ3n) is 4.79. The van der Waals surface area contributed by atoms with Crippen LogP contribution in [0.3, 0.4) is 0 Å². The highest BCUT2D eigenvalue weighted by atomic mass is 79.9. The summed E-state index contributed by atoms with van der Waals surface area (Å²) in [5.74, 6) is 0. The van der Waals surface area contributed by atoms with Crippen molar-refractivity contribution in [2.75, 3.05) is 44.3 Å². The highest BCUT2D eigenvalue weighted by molar-refractivity contribution is 9.10. The number of hydrogen-bond acceptors (Lipinski definition) is 4. The first-order chi connectivity index (χ1) is 11.3. The molecule has 0 saturated carbocycles. The van der Waals surface area contributed by atoms with Crippen molar-refractivity contribution in [1.82, 2.24) is 14.5 Å². The van der Waals surface area contributed by atoms with Gasteiger partial charge >= 0.3 is 0 Å². The van der Waals surface area contributed by atoms with E-state index in [2.05, 4.69) is 55.0 Å². The maximum Gasteiger partial charge on any atom is 0.124 e. The molecular formula is C17H21BrN4O. The van der Waals surface area contributed by atoms with Gasteiger partial charge in [0.15, 0.2) is 0 Å². The smallest absolute Gasteiger partial charge is 0.124 e. The van der Waals surface area contributed by atoms with E-state index in [1.165, 1.54) is 12.1 Å². The molecule has 2 aromatic rings. The van der Waals surface area contributed by atoms with Gasteiger partial charge in [-0.15, -0.1) is 0 Å². The zero-order valence-corrected chi connectivity index (χ0v) is 14.7. The molecule has 1 aromatic carbocycles. The first kappa shape index (κ1) is 15.2. The third kappa shape index (κ3) is 3.29. The summed E-state index contributed by atoms with van der Waals surface area (Å²) in [6.07, 6.45) is 5.04. The summed E-state index contributed by atoms with van der Waals surface area (Å²) in [7, 11) is 0. The fourth-order valence-corrected chi connectivity index (χ4v) is 3.80. The van der Waals surface area contributed by atoms with Crippen LogP contribution in [-0.2, 0) is 4.74 Å². The minimum Gasteiger partial charge on any atom is -0.379 e. The predicted octanol–water partition coefficient (Wildman–Crippen LogP) is 2.55. The molecular weight excluding hydrogens is 356 g/mol. The van der Waals surface area contributed by atoms with E-state index in [1.54, 1.807) is 0 Å². The lowest BCUT2D eigenvalue weighted by Gasteiger charge is -2.32. The zero-order chi connectivity index (χ0) is 15.6. The summed E-state index contributed by atoms with van der Waals surface area (Å²) >= 11 is 3.39. The molecule has 0 aliphatic carbocycles. The van der Waals surface area contributed by atoms with Crippen molar-refractivity contribution in [2.45, 2.75) is 12.5 Å². The first-order valence-electron chi connectivity index (χ1n) is 8.16. The summed E-state index contributed by atoms with van der Waals surface area (Å²) < 4.78 is 8.34. The van der Waals surface area contributed by atoms with Crippen LogP contribution in [0.15, 0.2) is 41.4 Å². The Morgan fingerprint density at radius 2 is 1.78 bits per heavy atom. The summed E-state index contributed by atoms with van der Waals surface area (Å²) in [6.45, 7) is 6.17. The van der Waals surface area contributed by atoms with E-state index in [-0.39, 0.29) is 0 Å². The van der Waals surface area contributed by atoms with Crippen LogP contribution in [0.2, 0.25) is 0 Å². The second-order valence-electron chi connectivity index (χ2n) is 6.16. The topological polar surface area (TPSA) is 33.5 Å². The van der Waals surface area contributed by atoms with E-state index in [4.69, 9.17) is 4.74 Å². The number of imidazole rings is 1. The monoisotopic (exact) mass is 376 g/mol. The molecule has 0 N–H and O–H groups in total. The van der Waals surface area contributed by atoms with Crippen molar-refractivity contribution < 1.29 is 4.74 Å². The zero-order valence-electron chi connectivity index (χ0n) is 13.1. The number of aromatic nitrogens is 2. The molecule has 23 heavy (non-hydrogen) atoms. The van der Waals surface area contributed by atoms with Crippen LogP contribution in [0, 0.1) is 0 Å². The van der Waals surface area contributed by atoms with Crippen molar-refractivity contribution in [3.63, 3.8) is 0 Å². The van der Waals surface area contributed by atoms with Crippen molar-refractivity contribution in [1.29, 1.82) is 0 Å². The number of benzene rings is 1. The average molecular weight is 377 g/mol. The molecule has 1 atom stereocenters. The number of nitrogens with zero attached hydrogens (tertiary/aromatic N) is 4. The molecule has 1 aromatic heterocycles. The molecule has 5 nitrogen and oxygen atoms in total. The average Bonchev–Trinajstić information content (AvgIpc) is 3.25. The van der Waals surface area contributed by atoms with Crippen LogP contribution in [0.1, 0.15) is 6.42 Å². The highest BCUT2D eigenvalue weighted by Gasteiger charge is 2.28. The Bertz CT molecular complexity index is 651. The van der Waals surface area contributed by atoms with E-state index in [9.17, 15) is 0 Å². The Balaban J connectivity index is 1.42. The highest BCUT2D eigenvalue weighted by Crippen LogP contribution is 2.25. The molecule has 0 radical (unpaired) electrons. The SMILES string of the molecule is Brc1cn(-c2ccc(N3CC[C@@H](N4CCOCC4)C3)cc2)cn1. The molecule has 2 fully saturated rings. The molecule has 6 heteroatoms. The summed E-state index contributed by atoms with van der Waals surface area (Å²) in [5, 5.41) is 0. The van der Waals surface area contributed by atoms with E-state index in [0.29, 0.717) is 6.04 Å². The Morgan fingerprint density at radius 1 is 1.04 bits per heavy atom. The van der Waals surface area contributed by atoms with E-state index in [0.717, 1.165) is 49.7 Å². The van der Waals surface area contributed by atoms with Crippen LogP contribution < -0.4 is 4.90 Å². The van der Waals surface area contributed by atoms with Crippen LogP contribution in [0.5, 0.6) is 0 Å². The molecule has 2 saturated heterocycles. The van der Waals surface area contributed by atoms with Gasteiger partial charge in [-0.25, -0.2) is 4.98 Å². The fraction of sp³-hybridized carbons (Fsp3) is 0.471. The molecule has 3 heterocycles. The number of ether oxygens (including phenoxy) is 1. The van der Waals surface area contributed by atoms with Crippen LogP contribution in [0.25, 0.3) is 5.69 Å². The van der Waals surface area contributed by atoms with Crippen molar-refractivity contribution in [2.24, 2.45) is 0 Å². The Labute approximate surface area is 145 Å². The number of morpholine rings is 1. The molecule has 4 rings (SSSR count). The largest absolute Gasteiger partial charge is 0.379 e. The molecule has 122 valence electrons. The molecule has 2 aliphatic heterocycles. The van der Waals surface area contributed by atoms with E-state index in [1.807, 2.05) is 17.1 Å². The number of halogens is 1. The number of rotatable bonds is 3. The molecule has 0 spiro atoms. The minimum absolute atomic E-state index is 0.670. The second kappa shape index (κ2) is 6.63. The lowest BCUT2D eigenvalue weighted by atomic mass is 10.2. The van der Waals surface area contributed by atoms with Gasteiger partial charge in [0.05, 0.1) is 13.2 Å². The third-order valence-corrected chi connectivity index (χ3v) is 5.20. The van der Waals surface area contributed by atoms with Gasteiger partial charge in [0.25, 0.3) is 0 Å². The van der Waals surface area contributed by atoms with Gasteiger partial charge < -0.3 is 14.2 Å². The van der Waals surface area contributed by atoms with Crippen molar-refractivity contribution in [3.05, 3.63) is 41.4 Å². The van der Waals surface area contributed by atoms with Crippen LogP contribution >= 0.6 is 15.9 Å². The van der Waals surface area contributed by atoms with Gasteiger partial charge in [-0.1, -0.05) is 0 Å². The van der Waals surface area contributed by atoms with Gasteiger partial charge in [0, 0.05) is 49.8 Å². The van der Waals surface area contributed by atoms with E-state index >= 15 is 0 Å². The lowest BCUT2D eigenvalue weighted by Crippen LogP contribution is -2.44. The van der Waals surface area contributed by atoms with Crippen LogP contribution in [-0.4, -0.2) is 59.9 Å². The van der Waals surface area contributed by atoms with Gasteiger partial charge in [-0.3, -0.25) is 4.90 Å². The summed E-state index contributed by atoms with van der Waals surface area (Å²) in [5.41, 5.74) is 2.44. The lowest BCUT2D eigenvalue weighted by molar-refractivity contribution is 0.0209. The normalized spacial score (nSPS) is 22.7. The Kier molecular flexibility index (Phi) is 4.37. The van der Waals surface area contributed by atoms with Gasteiger partial charge in [0.1, 0.15) is 10.9 Å². The van der Waals surface area contributed by atoms with Gasteiger partial charge in [-0.2, -0.15) is 0 Å². The van der Waals surface area contributed by atoms with E-state index < -0.39 is 0 Å². The minimum atomic E-state index is 0.670. The maximum absolute atomic E-state index is 5.46.